The Morgan fingerprint density at radius 3 is 2.50 bits per heavy atom. The van der Waals surface area contributed by atoms with Gasteiger partial charge in [-0.25, -0.2) is 9.97 Å². The molecule has 10 heteroatoms. The summed E-state index contributed by atoms with van der Waals surface area (Å²) in [5.41, 5.74) is -1.90. The topological polar surface area (TPSA) is 87.7 Å². The van der Waals surface area contributed by atoms with E-state index in [4.69, 9.17) is 0 Å². The number of carbonyl (C=O) groups is 1. The van der Waals surface area contributed by atoms with E-state index in [1.165, 1.54) is 11.8 Å². The number of aromatic nitrogens is 3. The Bertz CT molecular complexity index is 894. The summed E-state index contributed by atoms with van der Waals surface area (Å²) in [6, 6.07) is 0.591. The van der Waals surface area contributed by atoms with E-state index in [2.05, 4.69) is 15.3 Å². The Balaban J connectivity index is 2.44. The lowest BCUT2D eigenvalue weighted by Gasteiger charge is -2.14. The maximum atomic E-state index is 12.8. The summed E-state index contributed by atoms with van der Waals surface area (Å²) in [6.07, 6.45) is -2.37. The van der Waals surface area contributed by atoms with Gasteiger partial charge in [-0.2, -0.15) is 13.2 Å². The van der Waals surface area contributed by atoms with Gasteiger partial charge in [-0.15, -0.1) is 11.8 Å². The van der Waals surface area contributed by atoms with E-state index in [-0.39, 0.29) is 11.5 Å². The number of aromatic amines is 1. The molecule has 2 aromatic rings. The number of amides is 1. The third-order valence-corrected chi connectivity index (χ3v) is 4.17. The quantitative estimate of drug-likeness (QED) is 0.619. The molecular formula is C16H17F3N4O2S. The number of aryl methyl sites for hydroxylation is 1. The van der Waals surface area contributed by atoms with E-state index in [0.717, 1.165) is 0 Å². The minimum Gasteiger partial charge on any atom is -0.327 e. The van der Waals surface area contributed by atoms with Crippen molar-refractivity contribution in [2.45, 2.75) is 37.9 Å². The van der Waals surface area contributed by atoms with Crippen molar-refractivity contribution in [3.8, 4) is 0 Å². The normalized spacial score (nSPS) is 11.7. The fourth-order valence-electron chi connectivity index (χ4n) is 2.16. The van der Waals surface area contributed by atoms with Crippen molar-refractivity contribution in [3.63, 3.8) is 0 Å². The van der Waals surface area contributed by atoms with E-state index in [9.17, 15) is 22.8 Å². The Kier molecular flexibility index (Phi) is 5.74. The van der Waals surface area contributed by atoms with E-state index in [0.29, 0.717) is 28.8 Å². The number of carbonyl (C=O) groups excluding carboxylic acids is 1. The van der Waals surface area contributed by atoms with Crippen LogP contribution in [-0.4, -0.2) is 27.1 Å². The average molecular weight is 386 g/mol. The second-order valence-electron chi connectivity index (χ2n) is 5.79. The molecule has 0 spiro atoms. The molecule has 0 fully saturated rings. The fraction of sp³-hybridized carbons (Fsp3) is 0.375. The molecule has 0 atom stereocenters. The van der Waals surface area contributed by atoms with E-state index < -0.39 is 28.9 Å². The molecule has 6 nitrogen and oxygen atoms in total. The number of hydrogen-bond donors (Lipinski definition) is 2. The highest BCUT2D eigenvalue weighted by atomic mass is 32.2. The van der Waals surface area contributed by atoms with Crippen LogP contribution in [0.5, 0.6) is 0 Å². The highest BCUT2D eigenvalue weighted by molar-refractivity contribution is 7.98. The van der Waals surface area contributed by atoms with Crippen LogP contribution in [0.25, 0.3) is 0 Å². The van der Waals surface area contributed by atoms with Crippen LogP contribution in [0.1, 0.15) is 47.2 Å². The molecule has 0 aromatic carbocycles. The monoisotopic (exact) mass is 386 g/mol. The molecule has 0 saturated carbocycles. The number of hydrogen-bond acceptors (Lipinski definition) is 5. The molecule has 26 heavy (non-hydrogen) atoms. The number of alkyl halides is 3. The zero-order chi connectivity index (χ0) is 19.6. The summed E-state index contributed by atoms with van der Waals surface area (Å²) in [6.45, 7) is 5.42. The second kappa shape index (κ2) is 7.48. The van der Waals surface area contributed by atoms with Gasteiger partial charge >= 0.3 is 6.18 Å². The van der Waals surface area contributed by atoms with Gasteiger partial charge in [-0.05, 0) is 19.2 Å². The number of thioether (sulfide) groups is 1. The maximum absolute atomic E-state index is 12.8. The van der Waals surface area contributed by atoms with Crippen molar-refractivity contribution >= 4 is 23.4 Å². The summed E-state index contributed by atoms with van der Waals surface area (Å²) >= 11 is 1.21. The van der Waals surface area contributed by atoms with Crippen LogP contribution in [-0.2, 0) is 6.18 Å². The minimum atomic E-state index is -4.65. The Labute approximate surface area is 151 Å². The molecule has 2 N–H and O–H groups in total. The first kappa shape index (κ1) is 20.0. The molecule has 2 aromatic heterocycles. The van der Waals surface area contributed by atoms with Crippen LogP contribution in [0.4, 0.5) is 18.9 Å². The lowest BCUT2D eigenvalue weighted by Crippen LogP contribution is -2.23. The summed E-state index contributed by atoms with van der Waals surface area (Å²) in [5, 5.41) is 2.62. The van der Waals surface area contributed by atoms with Crippen LogP contribution in [0.2, 0.25) is 0 Å². The zero-order valence-corrected chi connectivity index (χ0v) is 15.3. The van der Waals surface area contributed by atoms with Crippen molar-refractivity contribution in [1.29, 1.82) is 0 Å². The molecule has 0 bridgehead atoms. The second-order valence-corrected chi connectivity index (χ2v) is 6.58. The van der Waals surface area contributed by atoms with Crippen molar-refractivity contribution < 1.29 is 18.0 Å². The molecule has 0 aliphatic heterocycles. The Morgan fingerprint density at radius 2 is 1.96 bits per heavy atom. The number of rotatable bonds is 4. The van der Waals surface area contributed by atoms with Gasteiger partial charge in [0.2, 0.25) is 0 Å². The van der Waals surface area contributed by atoms with Gasteiger partial charge in [-0.1, -0.05) is 13.8 Å². The largest absolute Gasteiger partial charge is 0.417 e. The molecule has 140 valence electrons. The summed E-state index contributed by atoms with van der Waals surface area (Å²) in [4.78, 5) is 34.9. The molecule has 0 aliphatic rings. The summed E-state index contributed by atoms with van der Waals surface area (Å²) in [7, 11) is 0. The molecule has 0 unspecified atom stereocenters. The molecule has 2 rings (SSSR count). The smallest absolute Gasteiger partial charge is 0.327 e. The molecule has 0 saturated heterocycles. The lowest BCUT2D eigenvalue weighted by atomic mass is 10.1. The number of pyridine rings is 1. The van der Waals surface area contributed by atoms with Crippen LogP contribution in [0.3, 0.4) is 0 Å². The number of nitrogens with one attached hydrogen (secondary N) is 2. The van der Waals surface area contributed by atoms with Crippen LogP contribution in [0.15, 0.2) is 22.1 Å². The first-order valence-electron chi connectivity index (χ1n) is 7.58. The van der Waals surface area contributed by atoms with Gasteiger partial charge in [0.15, 0.2) is 0 Å². The van der Waals surface area contributed by atoms with Crippen molar-refractivity contribution in [3.05, 3.63) is 45.3 Å². The van der Waals surface area contributed by atoms with Crippen LogP contribution in [0, 0.1) is 6.92 Å². The van der Waals surface area contributed by atoms with Crippen LogP contribution >= 0.6 is 11.8 Å². The van der Waals surface area contributed by atoms with E-state index in [1.807, 2.05) is 18.8 Å². The number of H-pyrrole nitrogens is 1. The van der Waals surface area contributed by atoms with Crippen molar-refractivity contribution in [1.82, 2.24) is 15.0 Å². The Morgan fingerprint density at radius 1 is 1.31 bits per heavy atom. The van der Waals surface area contributed by atoms with E-state index in [1.54, 1.807) is 13.2 Å². The number of nitrogens with zero attached hydrogens (tertiary/aromatic N) is 2. The molecule has 2 heterocycles. The van der Waals surface area contributed by atoms with Gasteiger partial charge in [0.1, 0.15) is 16.5 Å². The first-order chi connectivity index (χ1) is 12.0. The van der Waals surface area contributed by atoms with Gasteiger partial charge < -0.3 is 10.3 Å². The fourth-order valence-corrected chi connectivity index (χ4v) is 2.79. The zero-order valence-electron chi connectivity index (χ0n) is 14.5. The molecular weight excluding hydrogens is 369 g/mol. The van der Waals surface area contributed by atoms with Gasteiger partial charge in [0.25, 0.3) is 11.5 Å². The SMILES string of the molecule is CSc1nc(C(C)C)nc(C)c1C(=O)Nc1cc(C(F)(F)F)c[nH]c1=O. The van der Waals surface area contributed by atoms with Crippen LogP contribution < -0.4 is 10.9 Å². The predicted octanol–water partition coefficient (Wildman–Crippen LogP) is 3.59. The first-order valence-corrected chi connectivity index (χ1v) is 8.80. The molecule has 0 aliphatic carbocycles. The number of anilines is 1. The van der Waals surface area contributed by atoms with E-state index >= 15 is 0 Å². The summed E-state index contributed by atoms with van der Waals surface area (Å²) in [5.74, 6) is -0.143. The standard InChI is InChI=1S/C16H17F3N4O2S/c1-7(2)12-21-8(3)11(15(23-12)26-4)14(25)22-10-5-9(16(17,18)19)6-20-13(10)24/h5-7H,1-4H3,(H,20,24)(H,22,25). The summed E-state index contributed by atoms with van der Waals surface area (Å²) < 4.78 is 38.4. The van der Waals surface area contributed by atoms with Crippen molar-refractivity contribution in [2.24, 2.45) is 0 Å². The lowest BCUT2D eigenvalue weighted by molar-refractivity contribution is -0.137. The maximum Gasteiger partial charge on any atom is 0.417 e. The van der Waals surface area contributed by atoms with Crippen molar-refractivity contribution in [2.75, 3.05) is 11.6 Å². The highest BCUT2D eigenvalue weighted by Gasteiger charge is 2.31. The highest BCUT2D eigenvalue weighted by Crippen LogP contribution is 2.29. The third-order valence-electron chi connectivity index (χ3n) is 3.49. The predicted molar refractivity (Wildman–Crippen MR) is 92.7 cm³/mol. The number of halogens is 3. The van der Waals surface area contributed by atoms with Gasteiger partial charge in [0, 0.05) is 12.1 Å². The van der Waals surface area contributed by atoms with Gasteiger partial charge in [-0.3, -0.25) is 9.59 Å². The molecule has 0 radical (unpaired) electrons. The third kappa shape index (κ3) is 4.24. The molecule has 1 amide bonds. The Hall–Kier alpha value is -2.36. The minimum absolute atomic E-state index is 0.0445. The average Bonchev–Trinajstić information content (AvgIpc) is 2.54. The van der Waals surface area contributed by atoms with Gasteiger partial charge in [0.05, 0.1) is 16.8 Å².